The Kier molecular flexibility index (Phi) is 3.35. The molecule has 2 heterocycles. The van der Waals surface area contributed by atoms with E-state index in [1.54, 1.807) is 0 Å². The molecular formula is C19H18ClNO3. The summed E-state index contributed by atoms with van der Waals surface area (Å²) in [6.07, 6.45) is 1.20. The van der Waals surface area contributed by atoms with Gasteiger partial charge in [0.2, 0.25) is 0 Å². The fourth-order valence-corrected chi connectivity index (χ4v) is 3.85. The van der Waals surface area contributed by atoms with E-state index in [-0.39, 0.29) is 17.7 Å². The van der Waals surface area contributed by atoms with Gasteiger partial charge in [-0.2, -0.15) is 5.48 Å². The Bertz CT molecular complexity index is 764. The average Bonchev–Trinajstić information content (AvgIpc) is 3.50. The third-order valence-corrected chi connectivity index (χ3v) is 5.35. The molecule has 0 bridgehead atoms. The van der Waals surface area contributed by atoms with Gasteiger partial charge in [0.05, 0.1) is 19.3 Å². The molecule has 24 heavy (non-hydrogen) atoms. The van der Waals surface area contributed by atoms with E-state index in [4.69, 9.17) is 25.9 Å². The molecule has 1 N–H and O–H groups in total. The van der Waals surface area contributed by atoms with Gasteiger partial charge < -0.3 is 9.47 Å². The molecule has 2 aromatic carbocycles. The van der Waals surface area contributed by atoms with Gasteiger partial charge >= 0.3 is 0 Å². The molecule has 0 radical (unpaired) electrons. The molecule has 2 fully saturated rings. The highest BCUT2D eigenvalue weighted by Gasteiger charge is 2.64. The zero-order valence-corrected chi connectivity index (χ0v) is 13.8. The zero-order chi connectivity index (χ0) is 16.1. The fourth-order valence-electron chi connectivity index (χ4n) is 3.69. The van der Waals surface area contributed by atoms with Gasteiger partial charge in [0.25, 0.3) is 0 Å². The highest BCUT2D eigenvalue weighted by atomic mass is 35.5. The number of ether oxygens (including phenoxy) is 2. The van der Waals surface area contributed by atoms with Gasteiger partial charge in [0.15, 0.2) is 0 Å². The van der Waals surface area contributed by atoms with E-state index < -0.39 is 0 Å². The number of rotatable bonds is 5. The topological polar surface area (TPSA) is 43.0 Å². The summed E-state index contributed by atoms with van der Waals surface area (Å²) in [5.74, 6) is 1.18. The Labute approximate surface area is 145 Å². The first-order valence-corrected chi connectivity index (χ1v) is 8.67. The van der Waals surface area contributed by atoms with Crippen LogP contribution >= 0.6 is 11.6 Å². The van der Waals surface area contributed by atoms with Crippen LogP contribution in [0.4, 0.5) is 0 Å². The second-order valence-corrected chi connectivity index (χ2v) is 7.15. The van der Waals surface area contributed by atoms with E-state index in [9.17, 15) is 0 Å². The van der Waals surface area contributed by atoms with Crippen molar-refractivity contribution in [2.45, 2.75) is 24.2 Å². The van der Waals surface area contributed by atoms with Crippen LogP contribution in [0.2, 0.25) is 5.02 Å². The van der Waals surface area contributed by atoms with Crippen molar-refractivity contribution in [3.63, 3.8) is 0 Å². The Morgan fingerprint density at radius 2 is 2.04 bits per heavy atom. The predicted molar refractivity (Wildman–Crippen MR) is 89.9 cm³/mol. The van der Waals surface area contributed by atoms with E-state index >= 15 is 0 Å². The molecule has 3 aliphatic rings. The lowest BCUT2D eigenvalue weighted by atomic mass is 9.93. The van der Waals surface area contributed by atoms with E-state index in [0.717, 1.165) is 24.3 Å². The van der Waals surface area contributed by atoms with E-state index in [2.05, 4.69) is 29.7 Å². The summed E-state index contributed by atoms with van der Waals surface area (Å²) in [6, 6.07) is 16.3. The second kappa shape index (κ2) is 5.46. The molecule has 0 aromatic heterocycles. The summed E-state index contributed by atoms with van der Waals surface area (Å²) in [7, 11) is 0. The lowest BCUT2D eigenvalue weighted by Crippen LogP contribution is -2.34. The lowest BCUT2D eigenvalue weighted by Gasteiger charge is -2.32. The molecule has 1 saturated heterocycles. The second-order valence-electron chi connectivity index (χ2n) is 6.71. The SMILES string of the molecule is Clc1ccc2c(c1)OC1(c3ccccc3)CC1C2NOCC1CO1. The number of hydrogen-bond acceptors (Lipinski definition) is 4. The van der Waals surface area contributed by atoms with Crippen molar-refractivity contribution in [2.75, 3.05) is 13.2 Å². The normalized spacial score (nSPS) is 32.5. The number of halogens is 1. The number of benzene rings is 2. The van der Waals surface area contributed by atoms with Crippen LogP contribution in [0.3, 0.4) is 0 Å². The summed E-state index contributed by atoms with van der Waals surface area (Å²) < 4.78 is 11.6. The third-order valence-electron chi connectivity index (χ3n) is 5.11. The quantitative estimate of drug-likeness (QED) is 0.665. The zero-order valence-electron chi connectivity index (χ0n) is 13.1. The minimum Gasteiger partial charge on any atom is -0.482 e. The Hall–Kier alpha value is -1.59. The summed E-state index contributed by atoms with van der Waals surface area (Å²) in [5, 5.41) is 0.683. The van der Waals surface area contributed by atoms with E-state index in [1.807, 2.05) is 24.3 Å². The lowest BCUT2D eigenvalue weighted by molar-refractivity contribution is -0.0134. The van der Waals surface area contributed by atoms with Gasteiger partial charge in [-0.1, -0.05) is 48.0 Å². The summed E-state index contributed by atoms with van der Waals surface area (Å²) >= 11 is 6.18. The maximum atomic E-state index is 6.43. The molecule has 5 heteroatoms. The van der Waals surface area contributed by atoms with Crippen LogP contribution in [0, 0.1) is 5.92 Å². The van der Waals surface area contributed by atoms with Crippen molar-refractivity contribution in [1.82, 2.24) is 5.48 Å². The first kappa shape index (κ1) is 14.7. The maximum absolute atomic E-state index is 6.43. The summed E-state index contributed by atoms with van der Waals surface area (Å²) in [6.45, 7) is 1.37. The number of fused-ring (bicyclic) bond motifs is 2. The molecule has 4 unspecified atom stereocenters. The minimum absolute atomic E-state index is 0.0879. The number of hydrogen-bond donors (Lipinski definition) is 1. The average molecular weight is 344 g/mol. The molecule has 2 aromatic rings. The molecule has 1 aliphatic carbocycles. The largest absolute Gasteiger partial charge is 0.482 e. The van der Waals surface area contributed by atoms with Gasteiger partial charge in [-0.05, 0) is 17.7 Å². The van der Waals surface area contributed by atoms with Crippen LogP contribution in [-0.4, -0.2) is 19.3 Å². The standard InChI is InChI=1S/C19H18ClNO3/c20-13-6-7-15-17(8-13)24-19(12-4-2-1-3-5-12)9-16(19)18(15)21-23-11-14-10-22-14/h1-8,14,16,18,21H,9-11H2. The highest BCUT2D eigenvalue weighted by Crippen LogP contribution is 2.64. The molecule has 0 spiro atoms. The molecule has 5 rings (SSSR count). The Morgan fingerprint density at radius 3 is 2.83 bits per heavy atom. The van der Waals surface area contributed by atoms with Crippen LogP contribution in [0.5, 0.6) is 5.75 Å². The molecule has 1 saturated carbocycles. The fraction of sp³-hybridized carbons (Fsp3) is 0.368. The molecule has 2 aliphatic heterocycles. The predicted octanol–water partition coefficient (Wildman–Crippen LogP) is 3.61. The van der Waals surface area contributed by atoms with Gasteiger partial charge in [0, 0.05) is 22.9 Å². The van der Waals surface area contributed by atoms with Crippen molar-refractivity contribution in [3.05, 3.63) is 64.7 Å². The molecule has 124 valence electrons. The first-order chi connectivity index (χ1) is 11.8. The van der Waals surface area contributed by atoms with Crippen molar-refractivity contribution in [3.8, 4) is 5.75 Å². The summed E-state index contributed by atoms with van der Waals surface area (Å²) in [4.78, 5) is 5.70. The van der Waals surface area contributed by atoms with Crippen LogP contribution in [0.25, 0.3) is 0 Å². The smallest absolute Gasteiger partial charge is 0.139 e. The molecule has 4 atom stereocenters. The Balaban J connectivity index is 1.47. The Morgan fingerprint density at radius 1 is 1.21 bits per heavy atom. The highest BCUT2D eigenvalue weighted by molar-refractivity contribution is 6.30. The van der Waals surface area contributed by atoms with Crippen LogP contribution in [0.1, 0.15) is 23.6 Å². The van der Waals surface area contributed by atoms with Gasteiger partial charge in [-0.15, -0.1) is 0 Å². The van der Waals surface area contributed by atoms with E-state index in [1.165, 1.54) is 5.56 Å². The van der Waals surface area contributed by atoms with E-state index in [0.29, 0.717) is 17.5 Å². The summed E-state index contributed by atoms with van der Waals surface area (Å²) in [5.41, 5.74) is 5.28. The van der Waals surface area contributed by atoms with Crippen LogP contribution in [-0.2, 0) is 15.2 Å². The van der Waals surface area contributed by atoms with Crippen molar-refractivity contribution >= 4 is 11.6 Å². The van der Waals surface area contributed by atoms with Gasteiger partial charge in [0.1, 0.15) is 17.5 Å². The molecule has 4 nitrogen and oxygen atoms in total. The first-order valence-electron chi connectivity index (χ1n) is 8.29. The minimum atomic E-state index is -0.282. The van der Waals surface area contributed by atoms with Gasteiger partial charge in [-0.25, -0.2) is 0 Å². The maximum Gasteiger partial charge on any atom is 0.139 e. The van der Waals surface area contributed by atoms with Gasteiger partial charge in [-0.3, -0.25) is 4.84 Å². The number of nitrogens with one attached hydrogen (secondary N) is 1. The van der Waals surface area contributed by atoms with Crippen molar-refractivity contribution in [1.29, 1.82) is 0 Å². The monoisotopic (exact) mass is 343 g/mol. The number of epoxide rings is 1. The molecular weight excluding hydrogens is 326 g/mol. The molecule has 0 amide bonds. The number of hydroxylamine groups is 1. The van der Waals surface area contributed by atoms with Crippen molar-refractivity contribution < 1.29 is 14.3 Å². The van der Waals surface area contributed by atoms with Crippen LogP contribution in [0.15, 0.2) is 48.5 Å². The van der Waals surface area contributed by atoms with Crippen molar-refractivity contribution in [2.24, 2.45) is 5.92 Å². The van der Waals surface area contributed by atoms with Crippen LogP contribution < -0.4 is 10.2 Å². The third kappa shape index (κ3) is 2.42.